The van der Waals surface area contributed by atoms with Crippen molar-refractivity contribution < 1.29 is 4.79 Å². The lowest BCUT2D eigenvalue weighted by Gasteiger charge is -2.36. The molecule has 0 saturated carbocycles. The van der Waals surface area contributed by atoms with Gasteiger partial charge in [-0.15, -0.1) is 0 Å². The molecule has 0 bridgehead atoms. The standard InChI is InChI=1S/C27H30ClN3O/c28-24-13-11-22(12-14-24)26(25-10-4-5-17-30-25)31(27(32)23-15-18-29-19-16-23)20-6-9-21-7-2-1-3-8-21/h1-5,7-8,10-14,17,23,26,29H,6,9,15-16,18-20H2. The number of aryl methyl sites for hydroxylation is 1. The Kier molecular flexibility index (Phi) is 7.92. The molecule has 4 rings (SSSR count). The number of aromatic nitrogens is 1. The van der Waals surface area contributed by atoms with Gasteiger partial charge in [0.05, 0.1) is 11.7 Å². The van der Waals surface area contributed by atoms with E-state index in [0.717, 1.165) is 50.0 Å². The number of nitrogens with zero attached hydrogens (tertiary/aromatic N) is 2. The lowest BCUT2D eigenvalue weighted by Crippen LogP contribution is -2.44. The number of rotatable bonds is 8. The van der Waals surface area contributed by atoms with Crippen LogP contribution < -0.4 is 5.32 Å². The number of hydrogen-bond donors (Lipinski definition) is 1. The zero-order valence-electron chi connectivity index (χ0n) is 18.3. The minimum atomic E-state index is -0.230. The Hall–Kier alpha value is -2.69. The Morgan fingerprint density at radius 2 is 1.72 bits per heavy atom. The molecule has 1 fully saturated rings. The predicted molar refractivity (Wildman–Crippen MR) is 130 cm³/mol. The molecule has 0 aliphatic carbocycles. The fraction of sp³-hybridized carbons (Fsp3) is 0.333. The molecule has 4 nitrogen and oxygen atoms in total. The first-order chi connectivity index (χ1) is 15.7. The second-order valence-electron chi connectivity index (χ2n) is 8.35. The van der Waals surface area contributed by atoms with Gasteiger partial charge in [-0.3, -0.25) is 9.78 Å². The molecule has 1 aromatic heterocycles. The second-order valence-corrected chi connectivity index (χ2v) is 8.79. The maximum Gasteiger partial charge on any atom is 0.226 e. The summed E-state index contributed by atoms with van der Waals surface area (Å²) in [5.74, 6) is 0.275. The number of carbonyl (C=O) groups excluding carboxylic acids is 1. The fourth-order valence-corrected chi connectivity index (χ4v) is 4.59. The summed E-state index contributed by atoms with van der Waals surface area (Å²) in [6.07, 6.45) is 5.40. The van der Waals surface area contributed by atoms with Gasteiger partial charge in [0.15, 0.2) is 0 Å². The number of halogens is 1. The van der Waals surface area contributed by atoms with Crippen LogP contribution >= 0.6 is 11.6 Å². The topological polar surface area (TPSA) is 45.2 Å². The number of piperidine rings is 1. The van der Waals surface area contributed by atoms with Crippen LogP contribution in [0.5, 0.6) is 0 Å². The smallest absolute Gasteiger partial charge is 0.226 e. The van der Waals surface area contributed by atoms with Crippen LogP contribution in [-0.4, -0.2) is 35.4 Å². The third-order valence-electron chi connectivity index (χ3n) is 6.14. The average Bonchev–Trinajstić information content (AvgIpc) is 2.86. The summed E-state index contributed by atoms with van der Waals surface area (Å²) in [5, 5.41) is 4.06. The van der Waals surface area contributed by atoms with Crippen molar-refractivity contribution in [2.75, 3.05) is 19.6 Å². The Morgan fingerprint density at radius 3 is 2.41 bits per heavy atom. The van der Waals surface area contributed by atoms with Crippen LogP contribution in [-0.2, 0) is 11.2 Å². The van der Waals surface area contributed by atoms with Crippen molar-refractivity contribution in [3.05, 3.63) is 101 Å². The highest BCUT2D eigenvalue weighted by Crippen LogP contribution is 2.31. The van der Waals surface area contributed by atoms with Crippen molar-refractivity contribution in [1.82, 2.24) is 15.2 Å². The summed E-state index contributed by atoms with van der Waals surface area (Å²) in [7, 11) is 0. The summed E-state index contributed by atoms with van der Waals surface area (Å²) in [6, 6.07) is 24.0. The van der Waals surface area contributed by atoms with E-state index in [-0.39, 0.29) is 17.9 Å². The number of hydrogen-bond acceptors (Lipinski definition) is 3. The maximum absolute atomic E-state index is 13.8. The highest BCUT2D eigenvalue weighted by atomic mass is 35.5. The summed E-state index contributed by atoms with van der Waals surface area (Å²) in [6.45, 7) is 2.47. The molecule has 1 aliphatic heterocycles. The minimum absolute atomic E-state index is 0.0477. The molecule has 1 saturated heterocycles. The van der Waals surface area contributed by atoms with Gasteiger partial charge in [0, 0.05) is 23.7 Å². The van der Waals surface area contributed by atoms with E-state index >= 15 is 0 Å². The van der Waals surface area contributed by atoms with Gasteiger partial charge in [-0.25, -0.2) is 0 Å². The summed E-state index contributed by atoms with van der Waals surface area (Å²) in [5.41, 5.74) is 3.22. The Labute approximate surface area is 195 Å². The van der Waals surface area contributed by atoms with E-state index in [2.05, 4.69) is 39.5 Å². The number of nitrogens with one attached hydrogen (secondary N) is 1. The van der Waals surface area contributed by atoms with Gasteiger partial charge in [-0.2, -0.15) is 0 Å². The molecule has 2 aromatic carbocycles. The Bertz CT molecular complexity index is 973. The molecule has 32 heavy (non-hydrogen) atoms. The Morgan fingerprint density at radius 1 is 1.00 bits per heavy atom. The average molecular weight is 448 g/mol. The fourth-order valence-electron chi connectivity index (χ4n) is 4.46. The van der Waals surface area contributed by atoms with Crippen LogP contribution in [0.4, 0.5) is 0 Å². The molecule has 1 aliphatic rings. The first kappa shape index (κ1) is 22.5. The van der Waals surface area contributed by atoms with Crippen LogP contribution in [0.25, 0.3) is 0 Å². The monoisotopic (exact) mass is 447 g/mol. The van der Waals surface area contributed by atoms with E-state index in [1.807, 2.05) is 48.5 Å². The molecule has 1 unspecified atom stereocenters. The van der Waals surface area contributed by atoms with Crippen LogP contribution in [0.15, 0.2) is 79.0 Å². The number of amides is 1. The minimum Gasteiger partial charge on any atom is -0.330 e. The number of benzene rings is 2. The molecular weight excluding hydrogens is 418 g/mol. The number of carbonyl (C=O) groups is 1. The molecular formula is C27H30ClN3O. The molecule has 166 valence electrons. The van der Waals surface area contributed by atoms with Crippen molar-refractivity contribution in [3.8, 4) is 0 Å². The van der Waals surface area contributed by atoms with Gasteiger partial charge in [0.2, 0.25) is 5.91 Å². The zero-order chi connectivity index (χ0) is 22.2. The first-order valence-electron chi connectivity index (χ1n) is 11.4. The van der Waals surface area contributed by atoms with Crippen LogP contribution in [0, 0.1) is 5.92 Å². The summed E-state index contributed by atoms with van der Waals surface area (Å²) < 4.78 is 0. The molecule has 2 heterocycles. The molecule has 0 spiro atoms. The number of pyridine rings is 1. The summed E-state index contributed by atoms with van der Waals surface area (Å²) >= 11 is 6.17. The molecule has 1 atom stereocenters. The van der Waals surface area contributed by atoms with Gasteiger partial charge in [-0.1, -0.05) is 60.1 Å². The lowest BCUT2D eigenvalue weighted by atomic mass is 9.93. The van der Waals surface area contributed by atoms with Crippen molar-refractivity contribution in [3.63, 3.8) is 0 Å². The highest BCUT2D eigenvalue weighted by molar-refractivity contribution is 6.30. The quantitative estimate of drug-likeness (QED) is 0.510. The normalized spacial score (nSPS) is 15.3. The largest absolute Gasteiger partial charge is 0.330 e. The molecule has 1 amide bonds. The van der Waals surface area contributed by atoms with Gasteiger partial charge in [-0.05, 0) is 74.2 Å². The molecule has 1 N–H and O–H groups in total. The maximum atomic E-state index is 13.8. The molecule has 0 radical (unpaired) electrons. The molecule has 5 heteroatoms. The van der Waals surface area contributed by atoms with E-state index in [1.165, 1.54) is 5.56 Å². The SMILES string of the molecule is O=C(C1CCNCC1)N(CCCc1ccccc1)C(c1ccc(Cl)cc1)c1ccccn1. The van der Waals surface area contributed by atoms with E-state index in [9.17, 15) is 4.79 Å². The van der Waals surface area contributed by atoms with Crippen molar-refractivity contribution in [2.24, 2.45) is 5.92 Å². The van der Waals surface area contributed by atoms with Gasteiger partial charge >= 0.3 is 0 Å². The van der Waals surface area contributed by atoms with Crippen LogP contribution in [0.3, 0.4) is 0 Å². The van der Waals surface area contributed by atoms with E-state index in [4.69, 9.17) is 11.6 Å². The Balaban J connectivity index is 1.64. The lowest BCUT2D eigenvalue weighted by molar-refractivity contribution is -0.138. The van der Waals surface area contributed by atoms with Crippen molar-refractivity contribution >= 4 is 17.5 Å². The van der Waals surface area contributed by atoms with Gasteiger partial charge < -0.3 is 10.2 Å². The third kappa shape index (κ3) is 5.76. The van der Waals surface area contributed by atoms with E-state index < -0.39 is 0 Å². The highest BCUT2D eigenvalue weighted by Gasteiger charge is 2.32. The van der Waals surface area contributed by atoms with Crippen molar-refractivity contribution in [1.29, 1.82) is 0 Å². The zero-order valence-corrected chi connectivity index (χ0v) is 19.0. The van der Waals surface area contributed by atoms with E-state index in [1.54, 1.807) is 6.20 Å². The van der Waals surface area contributed by atoms with E-state index in [0.29, 0.717) is 11.6 Å². The second kappa shape index (κ2) is 11.3. The first-order valence-corrected chi connectivity index (χ1v) is 11.8. The molecule has 3 aromatic rings. The van der Waals surface area contributed by atoms with Crippen LogP contribution in [0.1, 0.15) is 42.1 Å². The third-order valence-corrected chi connectivity index (χ3v) is 6.40. The van der Waals surface area contributed by atoms with Gasteiger partial charge in [0.25, 0.3) is 0 Å². The van der Waals surface area contributed by atoms with Crippen LogP contribution in [0.2, 0.25) is 5.02 Å². The predicted octanol–water partition coefficient (Wildman–Crippen LogP) is 5.29. The van der Waals surface area contributed by atoms with Crippen molar-refractivity contribution in [2.45, 2.75) is 31.7 Å². The summed E-state index contributed by atoms with van der Waals surface area (Å²) in [4.78, 5) is 20.6. The van der Waals surface area contributed by atoms with Gasteiger partial charge in [0.1, 0.15) is 0 Å².